The van der Waals surface area contributed by atoms with E-state index in [-0.39, 0.29) is 11.4 Å². The number of aromatic hydroxyl groups is 1. The molecule has 1 aromatic carbocycles. The number of rotatable bonds is 1. The third-order valence-corrected chi connectivity index (χ3v) is 2.59. The molecule has 0 atom stereocenters. The Morgan fingerprint density at radius 2 is 2.20 bits per heavy atom. The number of fused-ring (bicyclic) bond motifs is 1. The number of nitrogens with zero attached hydrogens (tertiary/aromatic N) is 1. The van der Waals surface area contributed by atoms with Gasteiger partial charge in [0.05, 0.1) is 4.92 Å². The van der Waals surface area contributed by atoms with E-state index in [1.807, 2.05) is 0 Å². The summed E-state index contributed by atoms with van der Waals surface area (Å²) in [5.74, 6) is -0.248. The Morgan fingerprint density at radius 3 is 2.93 bits per heavy atom. The van der Waals surface area contributed by atoms with Gasteiger partial charge in [-0.25, -0.2) is 0 Å². The van der Waals surface area contributed by atoms with Crippen LogP contribution in [0.3, 0.4) is 0 Å². The number of phenols is 1. The summed E-state index contributed by atoms with van der Waals surface area (Å²) >= 11 is 0. The zero-order valence-corrected chi connectivity index (χ0v) is 8.19. The Labute approximate surface area is 86.9 Å². The van der Waals surface area contributed by atoms with Gasteiger partial charge in [0.2, 0.25) is 0 Å². The summed E-state index contributed by atoms with van der Waals surface area (Å²) in [6, 6.07) is 2.90. The van der Waals surface area contributed by atoms with Gasteiger partial charge in [-0.1, -0.05) is 0 Å². The van der Waals surface area contributed by atoms with Crippen molar-refractivity contribution in [2.75, 3.05) is 11.9 Å². The molecule has 0 bridgehead atoms. The molecule has 80 valence electrons. The number of hydrogen-bond donors (Lipinski definition) is 2. The van der Waals surface area contributed by atoms with Crippen molar-refractivity contribution in [3.8, 4) is 5.75 Å². The molecule has 0 unspecified atom stereocenters. The highest BCUT2D eigenvalue weighted by atomic mass is 16.6. The molecule has 1 heterocycles. The van der Waals surface area contributed by atoms with Crippen LogP contribution in [-0.4, -0.2) is 16.6 Å². The number of anilines is 1. The van der Waals surface area contributed by atoms with Gasteiger partial charge in [0.15, 0.2) is 5.75 Å². The zero-order chi connectivity index (χ0) is 10.8. The lowest BCUT2D eigenvalue weighted by atomic mass is 10.1. The van der Waals surface area contributed by atoms with Gasteiger partial charge in [0.1, 0.15) is 0 Å². The van der Waals surface area contributed by atoms with Crippen molar-refractivity contribution >= 4 is 11.4 Å². The molecule has 0 amide bonds. The van der Waals surface area contributed by atoms with Crippen LogP contribution in [0.2, 0.25) is 0 Å². The van der Waals surface area contributed by atoms with Crippen molar-refractivity contribution in [3.05, 3.63) is 27.8 Å². The maximum absolute atomic E-state index is 10.6. The number of phenolic OH excluding ortho intramolecular Hbond substituents is 1. The van der Waals surface area contributed by atoms with Gasteiger partial charge in [-0.05, 0) is 30.9 Å². The molecule has 15 heavy (non-hydrogen) atoms. The first-order valence-electron chi connectivity index (χ1n) is 4.92. The highest BCUT2D eigenvalue weighted by molar-refractivity contribution is 5.63. The fourth-order valence-electron chi connectivity index (χ4n) is 1.80. The minimum Gasteiger partial charge on any atom is -0.502 e. The molecule has 0 spiro atoms. The maximum atomic E-state index is 10.6. The average molecular weight is 208 g/mol. The first kappa shape index (κ1) is 9.76. The van der Waals surface area contributed by atoms with Crippen LogP contribution in [0.4, 0.5) is 11.4 Å². The Morgan fingerprint density at radius 1 is 1.40 bits per heavy atom. The number of hydrogen-bond acceptors (Lipinski definition) is 4. The Bertz CT molecular complexity index is 404. The molecule has 0 aliphatic carbocycles. The van der Waals surface area contributed by atoms with Crippen molar-refractivity contribution in [3.63, 3.8) is 0 Å². The molecule has 0 radical (unpaired) electrons. The summed E-state index contributed by atoms with van der Waals surface area (Å²) < 4.78 is 0. The average Bonchev–Trinajstić information content (AvgIpc) is 2.40. The standard InChI is InChI=1S/C10H12N2O3/c13-10-5-7-3-1-2-4-11-8(7)6-9(10)12(14)15/h5-6,11,13H,1-4H2. The lowest BCUT2D eigenvalue weighted by Crippen LogP contribution is -2.00. The molecule has 2 N–H and O–H groups in total. The minimum absolute atomic E-state index is 0.233. The van der Waals surface area contributed by atoms with E-state index in [0.717, 1.165) is 37.1 Å². The lowest BCUT2D eigenvalue weighted by Gasteiger charge is -2.07. The number of nitrogens with one attached hydrogen (secondary N) is 1. The largest absolute Gasteiger partial charge is 0.502 e. The molecule has 1 aliphatic rings. The van der Waals surface area contributed by atoms with Crippen LogP contribution < -0.4 is 5.32 Å². The van der Waals surface area contributed by atoms with Gasteiger partial charge in [-0.15, -0.1) is 0 Å². The number of benzene rings is 1. The Hall–Kier alpha value is -1.78. The Kier molecular flexibility index (Phi) is 2.45. The quantitative estimate of drug-likeness (QED) is 0.420. The maximum Gasteiger partial charge on any atom is 0.312 e. The van der Waals surface area contributed by atoms with Crippen LogP contribution in [0.15, 0.2) is 12.1 Å². The fraction of sp³-hybridized carbons (Fsp3) is 0.400. The monoisotopic (exact) mass is 208 g/mol. The molecule has 5 nitrogen and oxygen atoms in total. The SMILES string of the molecule is O=[N+]([O-])c1cc2c(cc1O)CCCCN2. The zero-order valence-electron chi connectivity index (χ0n) is 8.19. The molecule has 1 aromatic rings. The van der Waals surface area contributed by atoms with Gasteiger partial charge >= 0.3 is 5.69 Å². The molecule has 2 rings (SSSR count). The van der Waals surface area contributed by atoms with Crippen LogP contribution in [0, 0.1) is 10.1 Å². The fourth-order valence-corrected chi connectivity index (χ4v) is 1.80. The highest BCUT2D eigenvalue weighted by Gasteiger charge is 2.18. The normalized spacial score (nSPS) is 14.9. The number of nitro groups is 1. The van der Waals surface area contributed by atoms with Crippen molar-refractivity contribution in [2.45, 2.75) is 19.3 Å². The van der Waals surface area contributed by atoms with Crippen molar-refractivity contribution in [1.29, 1.82) is 0 Å². The van der Waals surface area contributed by atoms with E-state index in [2.05, 4.69) is 5.32 Å². The van der Waals surface area contributed by atoms with Crippen LogP contribution in [0.1, 0.15) is 18.4 Å². The minimum atomic E-state index is -0.567. The van der Waals surface area contributed by atoms with Crippen LogP contribution >= 0.6 is 0 Å². The second-order valence-electron chi connectivity index (χ2n) is 3.64. The van der Waals surface area contributed by atoms with Gasteiger partial charge < -0.3 is 10.4 Å². The van der Waals surface area contributed by atoms with Gasteiger partial charge in [-0.3, -0.25) is 10.1 Å². The first-order chi connectivity index (χ1) is 7.18. The highest BCUT2D eigenvalue weighted by Crippen LogP contribution is 2.33. The van der Waals surface area contributed by atoms with Crippen molar-refractivity contribution in [2.24, 2.45) is 0 Å². The summed E-state index contributed by atoms with van der Waals surface area (Å²) in [4.78, 5) is 10.0. The van der Waals surface area contributed by atoms with Crippen LogP contribution in [0.25, 0.3) is 0 Å². The third kappa shape index (κ3) is 1.86. The molecule has 0 saturated heterocycles. The van der Waals surface area contributed by atoms with E-state index in [1.165, 1.54) is 12.1 Å². The van der Waals surface area contributed by atoms with E-state index < -0.39 is 4.92 Å². The molecule has 0 saturated carbocycles. The third-order valence-electron chi connectivity index (χ3n) is 2.59. The number of aryl methyl sites for hydroxylation is 1. The molecular weight excluding hydrogens is 196 g/mol. The first-order valence-corrected chi connectivity index (χ1v) is 4.92. The summed E-state index contributed by atoms with van der Waals surface area (Å²) in [7, 11) is 0. The van der Waals surface area contributed by atoms with E-state index in [9.17, 15) is 15.2 Å². The predicted octanol–water partition coefficient (Wildman–Crippen LogP) is 2.05. The second kappa shape index (κ2) is 3.76. The van der Waals surface area contributed by atoms with Crippen LogP contribution in [0.5, 0.6) is 5.75 Å². The smallest absolute Gasteiger partial charge is 0.312 e. The summed E-state index contributed by atoms with van der Waals surface area (Å²) in [6.07, 6.45) is 2.94. The summed E-state index contributed by atoms with van der Waals surface area (Å²) in [5.41, 5.74) is 1.50. The van der Waals surface area contributed by atoms with E-state index in [0.29, 0.717) is 0 Å². The van der Waals surface area contributed by atoms with Crippen molar-refractivity contribution in [1.82, 2.24) is 0 Å². The molecule has 1 aliphatic heterocycles. The summed E-state index contributed by atoms with van der Waals surface area (Å²) in [6.45, 7) is 0.828. The second-order valence-corrected chi connectivity index (χ2v) is 3.64. The lowest BCUT2D eigenvalue weighted by molar-refractivity contribution is -0.385. The number of nitro benzene ring substituents is 1. The van der Waals surface area contributed by atoms with E-state index in [1.54, 1.807) is 0 Å². The molecule has 0 fully saturated rings. The van der Waals surface area contributed by atoms with E-state index in [4.69, 9.17) is 0 Å². The summed E-state index contributed by atoms with van der Waals surface area (Å²) in [5, 5.41) is 23.2. The van der Waals surface area contributed by atoms with Gasteiger partial charge in [0.25, 0.3) is 0 Å². The van der Waals surface area contributed by atoms with Crippen molar-refractivity contribution < 1.29 is 10.0 Å². The molecule has 5 heteroatoms. The topological polar surface area (TPSA) is 75.4 Å². The van der Waals surface area contributed by atoms with Gasteiger partial charge in [-0.2, -0.15) is 0 Å². The Balaban J connectivity index is 2.47. The predicted molar refractivity (Wildman–Crippen MR) is 56.2 cm³/mol. The van der Waals surface area contributed by atoms with E-state index >= 15 is 0 Å². The molecular formula is C10H12N2O3. The van der Waals surface area contributed by atoms with Crippen LogP contribution in [-0.2, 0) is 6.42 Å². The van der Waals surface area contributed by atoms with Gasteiger partial charge in [0, 0.05) is 18.3 Å². The molecule has 0 aromatic heterocycles.